The summed E-state index contributed by atoms with van der Waals surface area (Å²) in [7, 11) is 0. The molecule has 10 heteroatoms. The summed E-state index contributed by atoms with van der Waals surface area (Å²) in [6, 6.07) is 0.283. The van der Waals surface area contributed by atoms with Gasteiger partial charge in [-0.05, 0) is 32.6 Å². The number of amides is 1. The van der Waals surface area contributed by atoms with E-state index < -0.39 is 0 Å². The number of hydrogen-bond acceptors (Lipinski definition) is 8. The van der Waals surface area contributed by atoms with Gasteiger partial charge in [0.1, 0.15) is 0 Å². The van der Waals surface area contributed by atoms with E-state index in [1.54, 1.807) is 6.20 Å². The molecule has 0 spiro atoms. The first-order valence-electron chi connectivity index (χ1n) is 12.0. The van der Waals surface area contributed by atoms with E-state index in [0.29, 0.717) is 11.7 Å². The van der Waals surface area contributed by atoms with E-state index in [9.17, 15) is 4.79 Å². The number of anilines is 1. The first-order valence-corrected chi connectivity index (χ1v) is 12.0. The van der Waals surface area contributed by atoms with Crippen LogP contribution in [0.4, 0.5) is 5.69 Å². The maximum Gasteiger partial charge on any atom is 0.261 e. The van der Waals surface area contributed by atoms with Gasteiger partial charge in [0, 0.05) is 37.9 Å². The Kier molecular flexibility index (Phi) is 6.52. The highest BCUT2D eigenvalue weighted by Gasteiger charge is 2.24. The van der Waals surface area contributed by atoms with Crippen LogP contribution in [-0.4, -0.2) is 50.1 Å². The Morgan fingerprint density at radius 3 is 2.76 bits per heavy atom. The van der Waals surface area contributed by atoms with E-state index in [1.807, 2.05) is 17.8 Å². The highest BCUT2D eigenvalue weighted by atomic mass is 16.5. The van der Waals surface area contributed by atoms with Crippen LogP contribution >= 0.6 is 0 Å². The second-order valence-electron chi connectivity index (χ2n) is 8.84. The summed E-state index contributed by atoms with van der Waals surface area (Å²) >= 11 is 0. The SMILES string of the molecule is CCn1ncc2c(NC3CCOCC3)c(-c3nc(CNC(=O)C4CCCCC4)no3)cnc21. The Morgan fingerprint density at radius 2 is 1.97 bits per heavy atom. The molecule has 1 saturated heterocycles. The normalized spacial score (nSPS) is 18.0. The van der Waals surface area contributed by atoms with Gasteiger partial charge in [-0.2, -0.15) is 10.1 Å². The van der Waals surface area contributed by atoms with Crippen LogP contribution in [0.15, 0.2) is 16.9 Å². The van der Waals surface area contributed by atoms with Gasteiger partial charge >= 0.3 is 0 Å². The average molecular weight is 454 g/mol. The summed E-state index contributed by atoms with van der Waals surface area (Å²) in [6.07, 6.45) is 10.8. The molecule has 2 N–H and O–H groups in total. The molecule has 5 rings (SSSR count). The van der Waals surface area contributed by atoms with E-state index >= 15 is 0 Å². The molecule has 1 saturated carbocycles. The van der Waals surface area contributed by atoms with E-state index in [0.717, 1.165) is 80.6 Å². The lowest BCUT2D eigenvalue weighted by molar-refractivity contribution is -0.126. The van der Waals surface area contributed by atoms with Gasteiger partial charge in [-0.1, -0.05) is 24.4 Å². The standard InChI is InChI=1S/C23H31N7O3/c1-2-30-21-17(13-26-30)20(27-16-8-10-32-11-9-16)18(12-24-21)23-28-19(29-33-23)14-25-22(31)15-6-4-3-5-7-15/h12-13,15-16H,2-11,14H2,1H3,(H,24,27)(H,25,31). The van der Waals surface area contributed by atoms with E-state index in [1.165, 1.54) is 6.42 Å². The lowest BCUT2D eigenvalue weighted by atomic mass is 9.89. The van der Waals surface area contributed by atoms with Gasteiger partial charge < -0.3 is 19.9 Å². The molecular weight excluding hydrogens is 422 g/mol. The molecule has 33 heavy (non-hydrogen) atoms. The number of rotatable bonds is 7. The fraction of sp³-hybridized carbons (Fsp3) is 0.609. The van der Waals surface area contributed by atoms with Crippen LogP contribution in [0.25, 0.3) is 22.5 Å². The van der Waals surface area contributed by atoms with Crippen LogP contribution in [0.3, 0.4) is 0 Å². The molecule has 4 heterocycles. The Morgan fingerprint density at radius 1 is 1.15 bits per heavy atom. The summed E-state index contributed by atoms with van der Waals surface area (Å²) in [5, 5.41) is 16.1. The number of aryl methyl sites for hydroxylation is 1. The Labute approximate surface area is 192 Å². The molecule has 3 aromatic rings. The predicted molar refractivity (Wildman–Crippen MR) is 122 cm³/mol. The maximum absolute atomic E-state index is 12.5. The lowest BCUT2D eigenvalue weighted by Crippen LogP contribution is -2.31. The van der Waals surface area contributed by atoms with Gasteiger partial charge in [0.2, 0.25) is 5.91 Å². The number of nitrogens with zero attached hydrogens (tertiary/aromatic N) is 5. The first kappa shape index (κ1) is 21.8. The zero-order chi connectivity index (χ0) is 22.6. The van der Waals surface area contributed by atoms with Crippen LogP contribution in [-0.2, 0) is 22.6 Å². The molecule has 176 valence electrons. The third-order valence-corrected chi connectivity index (χ3v) is 6.63. The van der Waals surface area contributed by atoms with Gasteiger partial charge in [-0.3, -0.25) is 4.79 Å². The van der Waals surface area contributed by atoms with Gasteiger partial charge in [0.05, 0.1) is 29.4 Å². The summed E-state index contributed by atoms with van der Waals surface area (Å²) in [5.41, 5.74) is 2.45. The van der Waals surface area contributed by atoms with Crippen LogP contribution < -0.4 is 10.6 Å². The van der Waals surface area contributed by atoms with Crippen LogP contribution in [0.2, 0.25) is 0 Å². The minimum atomic E-state index is 0.0815. The monoisotopic (exact) mass is 453 g/mol. The Bertz CT molecular complexity index is 1100. The molecule has 2 fully saturated rings. The molecule has 3 aromatic heterocycles. The molecule has 0 radical (unpaired) electrons. The smallest absolute Gasteiger partial charge is 0.261 e. The van der Waals surface area contributed by atoms with Crippen molar-refractivity contribution in [3.05, 3.63) is 18.2 Å². The molecule has 0 aromatic carbocycles. The van der Waals surface area contributed by atoms with Gasteiger partial charge in [0.15, 0.2) is 11.5 Å². The molecule has 0 unspecified atom stereocenters. The zero-order valence-electron chi connectivity index (χ0n) is 19.0. The third kappa shape index (κ3) is 4.71. The summed E-state index contributed by atoms with van der Waals surface area (Å²) < 4.78 is 13.0. The summed E-state index contributed by atoms with van der Waals surface area (Å²) in [6.45, 7) is 4.50. The Hall–Kier alpha value is -3.01. The highest BCUT2D eigenvalue weighted by molar-refractivity contribution is 5.96. The van der Waals surface area contributed by atoms with E-state index in [2.05, 4.69) is 30.9 Å². The average Bonchev–Trinajstić information content (AvgIpc) is 3.51. The van der Waals surface area contributed by atoms with E-state index in [4.69, 9.17) is 9.26 Å². The highest BCUT2D eigenvalue weighted by Crippen LogP contribution is 2.34. The van der Waals surface area contributed by atoms with E-state index in [-0.39, 0.29) is 24.4 Å². The number of hydrogen-bond donors (Lipinski definition) is 2. The van der Waals surface area contributed by atoms with Crippen LogP contribution in [0, 0.1) is 5.92 Å². The quantitative estimate of drug-likeness (QED) is 0.559. The van der Waals surface area contributed by atoms with Crippen molar-refractivity contribution in [1.82, 2.24) is 30.2 Å². The maximum atomic E-state index is 12.5. The summed E-state index contributed by atoms with van der Waals surface area (Å²) in [5.74, 6) is 1.01. The van der Waals surface area contributed by atoms with Crippen molar-refractivity contribution in [2.45, 2.75) is 71.0 Å². The minimum absolute atomic E-state index is 0.0815. The topological polar surface area (TPSA) is 120 Å². The van der Waals surface area contributed by atoms with Gasteiger partial charge in [-0.15, -0.1) is 0 Å². The fourth-order valence-corrected chi connectivity index (χ4v) is 4.73. The predicted octanol–water partition coefficient (Wildman–Crippen LogP) is 3.29. The van der Waals surface area contributed by atoms with Crippen molar-refractivity contribution >= 4 is 22.6 Å². The van der Waals surface area contributed by atoms with Crippen molar-refractivity contribution in [1.29, 1.82) is 0 Å². The third-order valence-electron chi connectivity index (χ3n) is 6.63. The molecule has 2 aliphatic rings. The minimum Gasteiger partial charge on any atom is -0.381 e. The molecule has 0 bridgehead atoms. The van der Waals surface area contributed by atoms with Crippen LogP contribution in [0.5, 0.6) is 0 Å². The van der Waals surface area contributed by atoms with Crippen LogP contribution in [0.1, 0.15) is 57.7 Å². The number of carbonyl (C=O) groups excluding carboxylic acids is 1. The number of fused-ring (bicyclic) bond motifs is 1. The van der Waals surface area contributed by atoms with Gasteiger partial charge in [0.25, 0.3) is 5.89 Å². The Balaban J connectivity index is 1.38. The van der Waals surface area contributed by atoms with Crippen molar-refractivity contribution in [2.75, 3.05) is 18.5 Å². The number of ether oxygens (including phenoxy) is 1. The van der Waals surface area contributed by atoms with Gasteiger partial charge in [-0.25, -0.2) is 9.67 Å². The van der Waals surface area contributed by atoms with Crippen molar-refractivity contribution in [2.24, 2.45) is 5.92 Å². The molecule has 1 aliphatic heterocycles. The summed E-state index contributed by atoms with van der Waals surface area (Å²) in [4.78, 5) is 21.6. The number of carbonyl (C=O) groups is 1. The zero-order valence-corrected chi connectivity index (χ0v) is 19.0. The first-order chi connectivity index (χ1) is 16.2. The van der Waals surface area contributed by atoms with Crippen molar-refractivity contribution in [3.63, 3.8) is 0 Å². The molecule has 10 nitrogen and oxygen atoms in total. The number of aromatic nitrogens is 5. The second kappa shape index (κ2) is 9.86. The number of pyridine rings is 1. The van der Waals surface area contributed by atoms with Crippen molar-refractivity contribution in [3.8, 4) is 11.5 Å². The fourth-order valence-electron chi connectivity index (χ4n) is 4.73. The lowest BCUT2D eigenvalue weighted by Gasteiger charge is -2.25. The molecular formula is C23H31N7O3. The molecule has 1 amide bonds. The largest absolute Gasteiger partial charge is 0.381 e. The second-order valence-corrected chi connectivity index (χ2v) is 8.84. The number of nitrogens with one attached hydrogen (secondary N) is 2. The molecule has 1 aliphatic carbocycles. The molecule has 0 atom stereocenters. The van der Waals surface area contributed by atoms with Crippen molar-refractivity contribution < 1.29 is 14.1 Å².